The molecule has 1 aromatic rings. The Balaban J connectivity index is 2.79. The molecule has 6 heteroatoms. The molecule has 2 atom stereocenters. The first kappa shape index (κ1) is 16.5. The molecule has 0 amide bonds. The van der Waals surface area contributed by atoms with E-state index in [1.165, 1.54) is 12.1 Å². The summed E-state index contributed by atoms with van der Waals surface area (Å²) in [7, 11) is 5.61. The second-order valence-corrected chi connectivity index (χ2v) is 8.58. The van der Waals surface area contributed by atoms with Gasteiger partial charge in [0.2, 0.25) is 0 Å². The average molecular weight is 297 g/mol. The summed E-state index contributed by atoms with van der Waals surface area (Å²) in [6, 6.07) is 4.00. The summed E-state index contributed by atoms with van der Waals surface area (Å²) in [6.07, 6.45) is 1.63. The van der Waals surface area contributed by atoms with Gasteiger partial charge in [-0.25, -0.2) is 13.3 Å². The van der Waals surface area contributed by atoms with E-state index in [4.69, 9.17) is 7.85 Å². The van der Waals surface area contributed by atoms with Gasteiger partial charge < -0.3 is 0 Å². The van der Waals surface area contributed by atoms with Crippen LogP contribution in [0, 0.1) is 5.82 Å². The van der Waals surface area contributed by atoms with E-state index in [1.807, 2.05) is 20.8 Å². The van der Waals surface area contributed by atoms with Crippen LogP contribution in [0.15, 0.2) is 30.9 Å². The van der Waals surface area contributed by atoms with E-state index in [0.29, 0.717) is 11.0 Å². The Morgan fingerprint density at radius 3 is 2.58 bits per heavy atom. The Labute approximate surface area is 121 Å². The molecule has 0 saturated carbocycles. The van der Waals surface area contributed by atoms with Crippen molar-refractivity contribution < 1.29 is 8.60 Å². The van der Waals surface area contributed by atoms with Crippen molar-refractivity contribution >= 4 is 34.1 Å². The summed E-state index contributed by atoms with van der Waals surface area (Å²) in [5, 5.41) is 0. The lowest BCUT2D eigenvalue weighted by atomic mass is 9.92. The topological polar surface area (TPSA) is 29.1 Å². The average Bonchev–Trinajstić information content (AvgIpc) is 2.27. The standard InChI is InChI=1S/C13H17BFNOS2/c1-5-12(16-18-19(17)13(2,3)4)9-6-10(14)8-11(15)7-9/h5-8,12,16H,1H2,2-4H3/t12-,19?/m1/s1. The lowest BCUT2D eigenvalue weighted by Crippen LogP contribution is -2.23. The van der Waals surface area contributed by atoms with Crippen molar-refractivity contribution in [3.05, 3.63) is 42.2 Å². The van der Waals surface area contributed by atoms with Gasteiger partial charge in [-0.1, -0.05) is 17.6 Å². The molecule has 102 valence electrons. The largest absolute Gasteiger partial charge is 0.246 e. The van der Waals surface area contributed by atoms with Crippen molar-refractivity contribution in [1.29, 1.82) is 0 Å². The van der Waals surface area contributed by atoms with Gasteiger partial charge in [0.05, 0.1) is 6.04 Å². The summed E-state index contributed by atoms with van der Waals surface area (Å²) >= 11 is 0. The van der Waals surface area contributed by atoms with Gasteiger partial charge in [-0.2, -0.15) is 0 Å². The zero-order valence-electron chi connectivity index (χ0n) is 11.3. The maximum Gasteiger partial charge on any atom is 0.122 e. The van der Waals surface area contributed by atoms with Gasteiger partial charge in [-0.3, -0.25) is 0 Å². The molecule has 0 aliphatic heterocycles. The molecule has 1 unspecified atom stereocenters. The second-order valence-electron chi connectivity index (χ2n) is 5.08. The summed E-state index contributed by atoms with van der Waals surface area (Å²) in [6.45, 7) is 9.37. The van der Waals surface area contributed by atoms with Crippen LogP contribution in [0.4, 0.5) is 4.39 Å². The van der Waals surface area contributed by atoms with E-state index >= 15 is 0 Å². The molecular weight excluding hydrogens is 280 g/mol. The predicted octanol–water partition coefficient (Wildman–Crippen LogP) is 2.55. The van der Waals surface area contributed by atoms with Crippen LogP contribution in [0.3, 0.4) is 0 Å². The molecule has 1 N–H and O–H groups in total. The van der Waals surface area contributed by atoms with Gasteiger partial charge in [-0.15, -0.1) is 6.58 Å². The van der Waals surface area contributed by atoms with Crippen LogP contribution >= 0.6 is 11.0 Å². The van der Waals surface area contributed by atoms with Crippen molar-refractivity contribution in [1.82, 2.24) is 4.72 Å². The minimum atomic E-state index is -1.11. The van der Waals surface area contributed by atoms with Crippen LogP contribution in [-0.2, 0) is 9.83 Å². The smallest absolute Gasteiger partial charge is 0.122 e. The van der Waals surface area contributed by atoms with Crippen LogP contribution in [-0.4, -0.2) is 16.8 Å². The van der Waals surface area contributed by atoms with Gasteiger partial charge in [0, 0.05) is 15.7 Å². The maximum atomic E-state index is 13.3. The molecule has 1 rings (SSSR count). The third-order valence-electron chi connectivity index (χ3n) is 2.29. The van der Waals surface area contributed by atoms with Crippen LogP contribution in [0.1, 0.15) is 32.4 Å². The van der Waals surface area contributed by atoms with Gasteiger partial charge in [0.15, 0.2) is 0 Å². The van der Waals surface area contributed by atoms with E-state index in [2.05, 4.69) is 11.3 Å². The quantitative estimate of drug-likeness (QED) is 0.392. The molecule has 0 aromatic heterocycles. The van der Waals surface area contributed by atoms with Crippen LogP contribution < -0.4 is 10.2 Å². The number of hydrogen-bond donors (Lipinski definition) is 1. The molecule has 0 heterocycles. The molecule has 0 saturated heterocycles. The summed E-state index contributed by atoms with van der Waals surface area (Å²) in [4.78, 5) is 0. The Kier molecular flexibility index (Phi) is 5.83. The molecule has 0 aliphatic rings. The van der Waals surface area contributed by atoms with Crippen molar-refractivity contribution in [2.24, 2.45) is 0 Å². The van der Waals surface area contributed by atoms with E-state index in [9.17, 15) is 8.60 Å². The first-order valence-electron chi connectivity index (χ1n) is 5.77. The number of rotatable bonds is 5. The zero-order chi connectivity index (χ0) is 14.6. The van der Waals surface area contributed by atoms with E-state index < -0.39 is 15.6 Å². The molecule has 1 aromatic carbocycles. The third kappa shape index (κ3) is 5.13. The van der Waals surface area contributed by atoms with Crippen LogP contribution in [0.5, 0.6) is 0 Å². The second kappa shape index (κ2) is 6.73. The Hall–Kier alpha value is -0.585. The first-order valence-corrected chi connectivity index (χ1v) is 8.25. The highest BCUT2D eigenvalue weighted by atomic mass is 33.1. The maximum absolute atomic E-state index is 13.3. The lowest BCUT2D eigenvalue weighted by molar-refractivity contribution is 0.624. The van der Waals surface area contributed by atoms with Gasteiger partial charge in [0.25, 0.3) is 0 Å². The Morgan fingerprint density at radius 1 is 1.47 bits per heavy atom. The molecule has 0 aliphatic carbocycles. The minimum absolute atomic E-state index is 0.311. The molecule has 0 bridgehead atoms. The van der Waals surface area contributed by atoms with Crippen molar-refractivity contribution in [2.45, 2.75) is 31.6 Å². The molecule has 0 spiro atoms. The normalized spacial score (nSPS) is 14.9. The Bertz CT molecular complexity index is 468. The Morgan fingerprint density at radius 2 is 2.11 bits per heavy atom. The monoisotopic (exact) mass is 297 g/mol. The highest BCUT2D eigenvalue weighted by Crippen LogP contribution is 2.24. The molecular formula is C13H17BFNOS2. The fraction of sp³-hybridized carbons (Fsp3) is 0.385. The van der Waals surface area contributed by atoms with Crippen molar-refractivity contribution in [3.8, 4) is 0 Å². The number of halogens is 1. The van der Waals surface area contributed by atoms with Crippen LogP contribution in [0.2, 0.25) is 0 Å². The number of benzene rings is 1. The van der Waals surface area contributed by atoms with Crippen LogP contribution in [0.25, 0.3) is 0 Å². The number of nitrogens with one attached hydrogen (secondary N) is 1. The highest BCUT2D eigenvalue weighted by molar-refractivity contribution is 8.68. The van der Waals surface area contributed by atoms with Gasteiger partial charge >= 0.3 is 0 Å². The fourth-order valence-corrected chi connectivity index (χ4v) is 3.28. The van der Waals surface area contributed by atoms with E-state index in [1.54, 1.807) is 12.1 Å². The SMILES string of the molecule is [B]c1cc(F)cc([C@@H](C=C)NSS(=O)C(C)(C)C)c1. The summed E-state index contributed by atoms with van der Waals surface area (Å²) < 4.78 is 27.9. The molecule has 19 heavy (non-hydrogen) atoms. The highest BCUT2D eigenvalue weighted by Gasteiger charge is 2.21. The van der Waals surface area contributed by atoms with Crippen molar-refractivity contribution in [3.63, 3.8) is 0 Å². The summed E-state index contributed by atoms with van der Waals surface area (Å²) in [5.41, 5.74) is 1.01. The van der Waals surface area contributed by atoms with E-state index in [0.717, 1.165) is 11.0 Å². The fourth-order valence-electron chi connectivity index (χ4n) is 1.29. The predicted molar refractivity (Wildman–Crippen MR) is 83.3 cm³/mol. The van der Waals surface area contributed by atoms with Gasteiger partial charge in [-0.05, 0) is 38.5 Å². The molecule has 0 fully saturated rings. The zero-order valence-corrected chi connectivity index (χ0v) is 12.9. The minimum Gasteiger partial charge on any atom is -0.246 e. The van der Waals surface area contributed by atoms with E-state index in [-0.39, 0.29) is 10.8 Å². The lowest BCUT2D eigenvalue weighted by Gasteiger charge is -2.20. The number of hydrogen-bond acceptors (Lipinski definition) is 3. The van der Waals surface area contributed by atoms with Crippen molar-refractivity contribution in [2.75, 3.05) is 0 Å². The molecule has 2 radical (unpaired) electrons. The first-order chi connectivity index (χ1) is 8.74. The molecule has 2 nitrogen and oxygen atoms in total. The summed E-state index contributed by atoms with van der Waals surface area (Å²) in [5.74, 6) is -0.398. The third-order valence-corrected chi connectivity index (χ3v) is 6.03. The van der Waals surface area contributed by atoms with Gasteiger partial charge in [0.1, 0.15) is 23.5 Å².